The van der Waals surface area contributed by atoms with E-state index in [1.807, 2.05) is 13.8 Å². The summed E-state index contributed by atoms with van der Waals surface area (Å²) in [5, 5.41) is 0. The summed E-state index contributed by atoms with van der Waals surface area (Å²) in [5.74, 6) is -0.226. The number of halogens is 1. The van der Waals surface area contributed by atoms with E-state index in [1.54, 1.807) is 0 Å². The SMILES string of the molecule is C=C1[C@@H](OC(C)=O)CC[C@]2(C)[C@H]3CC[C@@H]4C5=C(C(C)C)C(=O)C[C@]5(C(=O)OCC(=O)c5ccc(F)cc5)CC[C@]45C(C[C@@H]12)[C@]35C. The lowest BCUT2D eigenvalue weighted by molar-refractivity contribution is -0.156. The largest absolute Gasteiger partial charge is 0.458 e. The van der Waals surface area contributed by atoms with Gasteiger partial charge in [-0.25, -0.2) is 4.39 Å². The number of Topliss-reactive ketones (excluding diaryl/α,β-unsaturated/α-hetero) is 2. The van der Waals surface area contributed by atoms with E-state index in [2.05, 4.69) is 20.4 Å². The van der Waals surface area contributed by atoms with Crippen molar-refractivity contribution in [3.8, 4) is 0 Å². The Hall–Kier alpha value is -3.09. The van der Waals surface area contributed by atoms with Crippen LogP contribution in [0.2, 0.25) is 0 Å². The Morgan fingerprint density at radius 1 is 1.00 bits per heavy atom. The summed E-state index contributed by atoms with van der Waals surface area (Å²) in [5.41, 5.74) is 2.29. The summed E-state index contributed by atoms with van der Waals surface area (Å²) < 4.78 is 24.9. The summed E-state index contributed by atoms with van der Waals surface area (Å²) in [6.45, 7) is 14.6. The normalized spacial score (nSPS) is 41.1. The van der Waals surface area contributed by atoms with E-state index in [1.165, 1.54) is 31.2 Å². The van der Waals surface area contributed by atoms with Crippen LogP contribution in [0.1, 0.15) is 96.3 Å². The van der Waals surface area contributed by atoms with Gasteiger partial charge in [0.2, 0.25) is 0 Å². The van der Waals surface area contributed by atoms with Crippen molar-refractivity contribution >= 4 is 23.5 Å². The Bertz CT molecular complexity index is 1560. The van der Waals surface area contributed by atoms with Gasteiger partial charge in [0.15, 0.2) is 18.2 Å². The van der Waals surface area contributed by atoms with Crippen LogP contribution in [0.15, 0.2) is 47.6 Å². The minimum atomic E-state index is -1.04. The predicted octanol–water partition coefficient (Wildman–Crippen LogP) is 7.21. The van der Waals surface area contributed by atoms with Crippen molar-refractivity contribution in [2.75, 3.05) is 6.61 Å². The number of carbonyl (C=O) groups excluding carboxylic acids is 4. The molecule has 0 aliphatic heterocycles. The Morgan fingerprint density at radius 3 is 2.38 bits per heavy atom. The third kappa shape index (κ3) is 3.91. The molecule has 7 heteroatoms. The number of benzene rings is 1. The lowest BCUT2D eigenvalue weighted by Gasteiger charge is -2.58. The zero-order chi connectivity index (χ0) is 32.3. The highest BCUT2D eigenvalue weighted by atomic mass is 19.1. The number of rotatable bonds is 6. The van der Waals surface area contributed by atoms with E-state index in [0.29, 0.717) is 18.3 Å². The maximum absolute atomic E-state index is 14.2. The smallest absolute Gasteiger partial charge is 0.317 e. The number of fused-ring (bicyclic) bond motifs is 4. The number of ketones is 2. The second-order valence-electron chi connectivity index (χ2n) is 15.7. The van der Waals surface area contributed by atoms with Gasteiger partial charge in [0.1, 0.15) is 11.9 Å². The van der Waals surface area contributed by atoms with Gasteiger partial charge in [-0.05, 0) is 132 Å². The first-order valence-electron chi connectivity index (χ1n) is 16.8. The summed E-state index contributed by atoms with van der Waals surface area (Å²) >= 11 is 0. The zero-order valence-corrected chi connectivity index (χ0v) is 27.2. The minimum Gasteiger partial charge on any atom is -0.458 e. The Kier molecular flexibility index (Phi) is 6.76. The van der Waals surface area contributed by atoms with Crippen molar-refractivity contribution in [1.29, 1.82) is 0 Å². The molecule has 0 aromatic heterocycles. The zero-order valence-electron chi connectivity index (χ0n) is 27.2. The van der Waals surface area contributed by atoms with E-state index < -0.39 is 29.6 Å². The van der Waals surface area contributed by atoms with Gasteiger partial charge in [-0.2, -0.15) is 0 Å². The third-order valence-electron chi connectivity index (χ3n) is 13.9. The molecule has 6 nitrogen and oxygen atoms in total. The average molecular weight is 617 g/mol. The van der Waals surface area contributed by atoms with E-state index >= 15 is 0 Å². The maximum atomic E-state index is 14.2. The van der Waals surface area contributed by atoms with Crippen molar-refractivity contribution in [2.45, 2.75) is 92.1 Å². The van der Waals surface area contributed by atoms with Gasteiger partial charge in [-0.15, -0.1) is 0 Å². The molecular formula is C38H45FO6. The molecule has 1 spiro atoms. The molecular weight excluding hydrogens is 571 g/mol. The number of allylic oxidation sites excluding steroid dienone is 1. The highest BCUT2D eigenvalue weighted by Crippen LogP contribution is 2.91. The van der Waals surface area contributed by atoms with Crippen LogP contribution in [0.3, 0.4) is 0 Å². The fourth-order valence-electron chi connectivity index (χ4n) is 12.2. The molecule has 0 heterocycles. The van der Waals surface area contributed by atoms with Crippen molar-refractivity contribution in [3.05, 3.63) is 58.9 Å². The highest BCUT2D eigenvalue weighted by molar-refractivity contribution is 6.06. The Balaban J connectivity index is 1.22. The number of carbonyl (C=O) groups is 4. The summed E-state index contributed by atoms with van der Waals surface area (Å²) in [4.78, 5) is 52.7. The topological polar surface area (TPSA) is 86.7 Å². The first-order valence-corrected chi connectivity index (χ1v) is 16.8. The van der Waals surface area contributed by atoms with Gasteiger partial charge in [-0.1, -0.05) is 34.3 Å². The van der Waals surface area contributed by atoms with Crippen LogP contribution in [0.25, 0.3) is 0 Å². The molecule has 5 saturated carbocycles. The van der Waals surface area contributed by atoms with Crippen LogP contribution in [-0.4, -0.2) is 36.2 Å². The lowest BCUT2D eigenvalue weighted by atomic mass is 9.47. The molecule has 0 amide bonds. The standard InChI is InChI=1S/C38H45FO6/c1-20(2)32-27(41)18-37(34(43)44-19-28(42)23-7-9-24(39)10-8-23)15-16-38-25(33(32)37)11-12-30-35(5)14-13-29(45-22(4)40)21(3)26(35)17-31(38)36(30,38)6/h7-10,20,25-26,29-31H,3,11-19H2,1-2,4-6H3/t25-,26+,29+,30-,31?,35+,36+,37-,38-/m1/s1. The maximum Gasteiger partial charge on any atom is 0.317 e. The molecule has 0 bridgehead atoms. The van der Waals surface area contributed by atoms with Gasteiger partial charge < -0.3 is 9.47 Å². The molecule has 1 aromatic carbocycles. The molecule has 6 aliphatic carbocycles. The van der Waals surface area contributed by atoms with Crippen LogP contribution in [0.4, 0.5) is 4.39 Å². The summed E-state index contributed by atoms with van der Waals surface area (Å²) in [7, 11) is 0. The van der Waals surface area contributed by atoms with Crippen molar-refractivity contribution in [1.82, 2.24) is 0 Å². The van der Waals surface area contributed by atoms with E-state index in [4.69, 9.17) is 9.47 Å². The van der Waals surface area contributed by atoms with Crippen molar-refractivity contribution in [3.63, 3.8) is 0 Å². The molecule has 7 rings (SSSR count). The number of ether oxygens (including phenoxy) is 2. The minimum absolute atomic E-state index is 0.00127. The van der Waals surface area contributed by atoms with E-state index in [0.717, 1.165) is 55.2 Å². The van der Waals surface area contributed by atoms with E-state index in [-0.39, 0.29) is 63.8 Å². The molecule has 9 atom stereocenters. The van der Waals surface area contributed by atoms with Crippen molar-refractivity contribution < 1.29 is 33.0 Å². The van der Waals surface area contributed by atoms with Crippen molar-refractivity contribution in [2.24, 2.45) is 51.2 Å². The number of hydrogen-bond donors (Lipinski definition) is 0. The monoisotopic (exact) mass is 616 g/mol. The first kappa shape index (κ1) is 30.6. The van der Waals surface area contributed by atoms with Crippen LogP contribution < -0.4 is 0 Å². The van der Waals surface area contributed by atoms with Crippen LogP contribution in [0, 0.1) is 57.1 Å². The fraction of sp³-hybridized carbons (Fsp3) is 0.632. The quantitative estimate of drug-likeness (QED) is 0.191. The van der Waals surface area contributed by atoms with Gasteiger partial charge >= 0.3 is 11.9 Å². The molecule has 0 saturated heterocycles. The molecule has 240 valence electrons. The molecule has 0 radical (unpaired) electrons. The molecule has 1 unspecified atom stereocenters. The van der Waals surface area contributed by atoms with Crippen LogP contribution >= 0.6 is 0 Å². The summed E-state index contributed by atoms with van der Waals surface area (Å²) in [6, 6.07) is 5.22. The Labute approximate surface area is 265 Å². The van der Waals surface area contributed by atoms with Gasteiger partial charge in [0.25, 0.3) is 0 Å². The summed E-state index contributed by atoms with van der Waals surface area (Å²) in [6.07, 6.45) is 6.03. The van der Waals surface area contributed by atoms with E-state index in [9.17, 15) is 23.6 Å². The second kappa shape index (κ2) is 9.95. The fourth-order valence-corrected chi connectivity index (χ4v) is 12.2. The average Bonchev–Trinajstić information content (AvgIpc) is 3.34. The molecule has 0 N–H and O–H groups in total. The number of hydrogen-bond acceptors (Lipinski definition) is 6. The number of esters is 2. The Morgan fingerprint density at radius 2 is 1.71 bits per heavy atom. The molecule has 6 aliphatic rings. The van der Waals surface area contributed by atoms with Gasteiger partial charge in [-0.3, -0.25) is 19.2 Å². The molecule has 45 heavy (non-hydrogen) atoms. The molecule has 5 fully saturated rings. The van der Waals surface area contributed by atoms with Gasteiger partial charge in [0, 0.05) is 18.9 Å². The van der Waals surface area contributed by atoms with Crippen LogP contribution in [0.5, 0.6) is 0 Å². The van der Waals surface area contributed by atoms with Crippen LogP contribution in [-0.2, 0) is 23.9 Å². The predicted molar refractivity (Wildman–Crippen MR) is 165 cm³/mol. The molecule has 1 aromatic rings. The highest BCUT2D eigenvalue weighted by Gasteiger charge is 2.86. The van der Waals surface area contributed by atoms with Gasteiger partial charge in [0.05, 0.1) is 5.41 Å². The third-order valence-corrected chi connectivity index (χ3v) is 13.9. The lowest BCUT2D eigenvalue weighted by Crippen LogP contribution is -2.52. The second-order valence-corrected chi connectivity index (χ2v) is 15.7. The first-order chi connectivity index (χ1) is 21.2.